The number of benzene rings is 2. The predicted molar refractivity (Wildman–Crippen MR) is 131 cm³/mol. The Balaban J connectivity index is 1.60. The van der Waals surface area contributed by atoms with Gasteiger partial charge in [0.25, 0.3) is 15.9 Å². The predicted octanol–water partition coefficient (Wildman–Crippen LogP) is 3.35. The highest BCUT2D eigenvalue weighted by Gasteiger charge is 2.21. The number of anilines is 2. The van der Waals surface area contributed by atoms with Crippen LogP contribution in [0, 0.1) is 18.3 Å². The molecule has 35 heavy (non-hydrogen) atoms. The lowest BCUT2D eigenvalue weighted by Gasteiger charge is -2.20. The highest BCUT2D eigenvalue weighted by atomic mass is 32.2. The fourth-order valence-corrected chi connectivity index (χ4v) is 4.42. The van der Waals surface area contributed by atoms with Gasteiger partial charge in [0, 0.05) is 13.1 Å². The zero-order valence-corrected chi connectivity index (χ0v) is 20.6. The van der Waals surface area contributed by atoms with Gasteiger partial charge in [-0.25, -0.2) is 13.1 Å². The number of aromatic nitrogens is 2. The topological polar surface area (TPSA) is 127 Å². The van der Waals surface area contributed by atoms with Crippen LogP contribution in [0.15, 0.2) is 59.5 Å². The molecule has 1 N–H and O–H groups in total. The van der Waals surface area contributed by atoms with Crippen LogP contribution in [-0.2, 0) is 21.4 Å². The second kappa shape index (κ2) is 11.4. The Morgan fingerprint density at radius 3 is 2.37 bits per heavy atom. The Kier molecular flexibility index (Phi) is 8.33. The van der Waals surface area contributed by atoms with E-state index in [1.54, 1.807) is 54.1 Å². The average Bonchev–Trinajstić information content (AvgIpc) is 3.20. The van der Waals surface area contributed by atoms with Crippen LogP contribution in [-0.4, -0.2) is 44.4 Å². The van der Waals surface area contributed by atoms with Gasteiger partial charge in [0.15, 0.2) is 6.61 Å². The lowest BCUT2D eigenvalue weighted by Crippen LogP contribution is -2.26. The molecule has 0 saturated carbocycles. The number of nitrogens with one attached hydrogen (secondary N) is 1. The van der Waals surface area contributed by atoms with Gasteiger partial charge in [-0.05, 0) is 62.4 Å². The highest BCUT2D eigenvalue weighted by Crippen LogP contribution is 2.25. The number of aryl methyl sites for hydroxylation is 2. The minimum atomic E-state index is -3.76. The van der Waals surface area contributed by atoms with Crippen LogP contribution in [0.1, 0.15) is 19.0 Å². The molecule has 0 unspecified atom stereocenters. The van der Waals surface area contributed by atoms with Crippen LogP contribution in [0.5, 0.6) is 11.5 Å². The SMILES string of the molecule is CCOc1ccc(S(=O)(=O)N(C)c2ccc(OCC(=O)Nc3cc(C)nn3CCC#N)cc2)cc1. The number of carbonyl (C=O) groups is 1. The van der Waals surface area contributed by atoms with Gasteiger partial charge in [0.05, 0.1) is 41.9 Å². The van der Waals surface area contributed by atoms with Crippen molar-refractivity contribution >= 4 is 27.4 Å². The molecule has 1 aromatic heterocycles. The maximum Gasteiger partial charge on any atom is 0.264 e. The van der Waals surface area contributed by atoms with Crippen molar-refractivity contribution in [2.24, 2.45) is 0 Å². The second-order valence-corrected chi connectivity index (χ2v) is 9.48. The van der Waals surface area contributed by atoms with Crippen molar-refractivity contribution in [3.05, 3.63) is 60.3 Å². The second-order valence-electron chi connectivity index (χ2n) is 7.51. The molecule has 1 amide bonds. The summed E-state index contributed by atoms with van der Waals surface area (Å²) >= 11 is 0. The van der Waals surface area contributed by atoms with Gasteiger partial charge in [0.2, 0.25) is 0 Å². The first kappa shape index (κ1) is 25.6. The molecule has 3 aromatic rings. The maximum absolute atomic E-state index is 12.9. The van der Waals surface area contributed by atoms with Crippen LogP contribution in [0.2, 0.25) is 0 Å². The minimum absolute atomic E-state index is 0.143. The van der Waals surface area contributed by atoms with Crippen LogP contribution >= 0.6 is 0 Å². The summed E-state index contributed by atoms with van der Waals surface area (Å²) in [6.45, 7) is 4.27. The zero-order valence-electron chi connectivity index (χ0n) is 19.8. The fourth-order valence-electron chi connectivity index (χ4n) is 3.22. The molecule has 3 rings (SSSR count). The largest absolute Gasteiger partial charge is 0.494 e. The normalized spacial score (nSPS) is 10.9. The third-order valence-electron chi connectivity index (χ3n) is 4.97. The summed E-state index contributed by atoms with van der Waals surface area (Å²) in [4.78, 5) is 12.5. The van der Waals surface area contributed by atoms with E-state index in [9.17, 15) is 13.2 Å². The quantitative estimate of drug-likeness (QED) is 0.430. The van der Waals surface area contributed by atoms with Crippen molar-refractivity contribution in [3.63, 3.8) is 0 Å². The summed E-state index contributed by atoms with van der Waals surface area (Å²) in [5.41, 5.74) is 1.16. The van der Waals surface area contributed by atoms with E-state index < -0.39 is 10.0 Å². The van der Waals surface area contributed by atoms with Crippen LogP contribution in [0.25, 0.3) is 0 Å². The van der Waals surface area contributed by atoms with E-state index in [4.69, 9.17) is 14.7 Å². The molecule has 0 saturated heterocycles. The zero-order chi connectivity index (χ0) is 25.4. The van der Waals surface area contributed by atoms with Gasteiger partial charge in [0.1, 0.15) is 17.3 Å². The summed E-state index contributed by atoms with van der Waals surface area (Å²) in [6.07, 6.45) is 0.273. The molecule has 0 aliphatic heterocycles. The number of rotatable bonds is 11. The summed E-state index contributed by atoms with van der Waals surface area (Å²) in [7, 11) is -2.30. The van der Waals surface area contributed by atoms with Gasteiger partial charge in [-0.2, -0.15) is 10.4 Å². The van der Waals surface area contributed by atoms with E-state index in [2.05, 4.69) is 10.4 Å². The van der Waals surface area contributed by atoms with Crippen molar-refractivity contribution in [1.82, 2.24) is 9.78 Å². The average molecular weight is 498 g/mol. The standard InChI is InChI=1S/C24H27N5O5S/c1-4-33-20-10-12-22(13-11-20)35(31,32)28(3)19-6-8-21(9-7-19)34-17-24(30)26-23-16-18(2)27-29(23)15-5-14-25/h6-13,16H,4-5,15,17H2,1-3H3,(H,26,30). The molecule has 0 aliphatic carbocycles. The molecular weight excluding hydrogens is 470 g/mol. The molecule has 184 valence electrons. The first-order valence-electron chi connectivity index (χ1n) is 10.9. The molecule has 10 nitrogen and oxygen atoms in total. The smallest absolute Gasteiger partial charge is 0.264 e. The Morgan fingerprint density at radius 2 is 1.74 bits per heavy atom. The maximum atomic E-state index is 12.9. The van der Waals surface area contributed by atoms with Gasteiger partial charge in [-0.3, -0.25) is 9.10 Å². The fraction of sp³-hybridized carbons (Fsp3) is 0.292. The Bertz CT molecular complexity index is 1300. The first-order valence-corrected chi connectivity index (χ1v) is 12.3. The summed E-state index contributed by atoms with van der Waals surface area (Å²) in [5, 5.41) is 15.7. The Hall–Kier alpha value is -4.04. The highest BCUT2D eigenvalue weighted by molar-refractivity contribution is 7.92. The molecule has 1 heterocycles. The Labute approximate surface area is 204 Å². The molecule has 0 spiro atoms. The number of sulfonamides is 1. The third-order valence-corrected chi connectivity index (χ3v) is 6.77. The van der Waals surface area contributed by atoms with E-state index in [-0.39, 0.29) is 23.8 Å². The number of carbonyl (C=O) groups excluding carboxylic acids is 1. The Morgan fingerprint density at radius 1 is 1.11 bits per heavy atom. The van der Waals surface area contributed by atoms with Crippen LogP contribution in [0.4, 0.5) is 11.5 Å². The van der Waals surface area contributed by atoms with E-state index in [0.717, 1.165) is 5.69 Å². The van der Waals surface area contributed by atoms with Crippen molar-refractivity contribution < 1.29 is 22.7 Å². The first-order chi connectivity index (χ1) is 16.7. The van der Waals surface area contributed by atoms with Crippen LogP contribution < -0.4 is 19.1 Å². The number of amides is 1. The van der Waals surface area contributed by atoms with E-state index in [0.29, 0.717) is 36.2 Å². The molecule has 2 aromatic carbocycles. The van der Waals surface area contributed by atoms with E-state index in [1.165, 1.54) is 23.5 Å². The van der Waals surface area contributed by atoms with Crippen molar-refractivity contribution in [1.29, 1.82) is 5.26 Å². The number of nitriles is 1. The van der Waals surface area contributed by atoms with Gasteiger partial charge in [-0.15, -0.1) is 0 Å². The lowest BCUT2D eigenvalue weighted by molar-refractivity contribution is -0.118. The number of hydrogen-bond donors (Lipinski definition) is 1. The van der Waals surface area contributed by atoms with Gasteiger partial charge < -0.3 is 14.8 Å². The van der Waals surface area contributed by atoms with Gasteiger partial charge >= 0.3 is 0 Å². The number of hydrogen-bond acceptors (Lipinski definition) is 7. The molecule has 0 fully saturated rings. The molecule has 0 bridgehead atoms. The monoisotopic (exact) mass is 497 g/mol. The number of ether oxygens (including phenoxy) is 2. The summed E-state index contributed by atoms with van der Waals surface area (Å²) in [5.74, 6) is 1.11. The molecule has 11 heteroatoms. The molecule has 0 aliphatic rings. The lowest BCUT2D eigenvalue weighted by atomic mass is 10.3. The minimum Gasteiger partial charge on any atom is -0.494 e. The van der Waals surface area contributed by atoms with Gasteiger partial charge in [-0.1, -0.05) is 0 Å². The molecule has 0 radical (unpaired) electrons. The molecular formula is C24H27N5O5S. The third kappa shape index (κ3) is 6.51. The number of nitrogens with zero attached hydrogens (tertiary/aromatic N) is 4. The summed E-state index contributed by atoms with van der Waals surface area (Å²) in [6, 6.07) is 16.4. The summed E-state index contributed by atoms with van der Waals surface area (Å²) < 4.78 is 39.5. The van der Waals surface area contributed by atoms with Crippen LogP contribution in [0.3, 0.4) is 0 Å². The van der Waals surface area contributed by atoms with Crippen molar-refractivity contribution in [2.45, 2.75) is 31.7 Å². The van der Waals surface area contributed by atoms with E-state index >= 15 is 0 Å². The van der Waals surface area contributed by atoms with Crippen molar-refractivity contribution in [3.8, 4) is 17.6 Å². The van der Waals surface area contributed by atoms with E-state index in [1.807, 2.05) is 13.0 Å². The van der Waals surface area contributed by atoms with Crippen molar-refractivity contribution in [2.75, 3.05) is 29.9 Å². The molecule has 0 atom stereocenters.